The normalized spacial score (nSPS) is 13.2. The van der Waals surface area contributed by atoms with Crippen LogP contribution >= 0.6 is 0 Å². The number of sulfonamides is 1. The minimum absolute atomic E-state index is 0.153. The first-order chi connectivity index (χ1) is 14.2. The van der Waals surface area contributed by atoms with Gasteiger partial charge in [-0.25, -0.2) is 8.42 Å². The molecule has 30 heavy (non-hydrogen) atoms. The van der Waals surface area contributed by atoms with Crippen molar-refractivity contribution in [1.82, 2.24) is 0 Å². The number of rotatable bonds is 4. The minimum atomic E-state index is -3.64. The summed E-state index contributed by atoms with van der Waals surface area (Å²) in [6.07, 6.45) is 0. The van der Waals surface area contributed by atoms with Crippen molar-refractivity contribution >= 4 is 27.3 Å². The van der Waals surface area contributed by atoms with Gasteiger partial charge in [-0.05, 0) is 55.3 Å². The van der Waals surface area contributed by atoms with E-state index in [9.17, 15) is 13.2 Å². The van der Waals surface area contributed by atoms with Crippen molar-refractivity contribution in [2.75, 3.05) is 16.7 Å². The number of fused-ring (bicyclic) bond motifs is 2. The van der Waals surface area contributed by atoms with Gasteiger partial charge in [0.25, 0.3) is 5.91 Å². The molecule has 0 saturated carbocycles. The van der Waals surface area contributed by atoms with Crippen LogP contribution in [-0.2, 0) is 15.8 Å². The molecule has 7 heteroatoms. The molecule has 154 valence electrons. The number of nitrogens with zero attached hydrogens (tertiary/aromatic N) is 1. The molecule has 0 atom stereocenters. The summed E-state index contributed by atoms with van der Waals surface area (Å²) in [6, 6.07) is 17.7. The second-order valence-electron chi connectivity index (χ2n) is 7.50. The predicted molar refractivity (Wildman–Crippen MR) is 118 cm³/mol. The van der Waals surface area contributed by atoms with Gasteiger partial charge >= 0.3 is 0 Å². The van der Waals surface area contributed by atoms with Crippen LogP contribution in [0.1, 0.15) is 27.0 Å². The summed E-state index contributed by atoms with van der Waals surface area (Å²) in [4.78, 5) is 14.5. The van der Waals surface area contributed by atoms with Crippen LogP contribution < -0.4 is 14.4 Å². The van der Waals surface area contributed by atoms with Crippen molar-refractivity contribution in [1.29, 1.82) is 0 Å². The van der Waals surface area contributed by atoms with Gasteiger partial charge in [0.05, 0.1) is 17.0 Å². The van der Waals surface area contributed by atoms with E-state index in [0.29, 0.717) is 34.0 Å². The van der Waals surface area contributed by atoms with Crippen LogP contribution in [0.3, 0.4) is 0 Å². The number of aryl methyl sites for hydroxylation is 2. The first kappa shape index (κ1) is 20.0. The zero-order valence-corrected chi connectivity index (χ0v) is 17.8. The Morgan fingerprint density at radius 3 is 2.30 bits per heavy atom. The summed E-state index contributed by atoms with van der Waals surface area (Å²) >= 11 is 0. The summed E-state index contributed by atoms with van der Waals surface area (Å²) < 4.78 is 33.7. The molecule has 0 radical (unpaired) electrons. The first-order valence-electron chi connectivity index (χ1n) is 9.48. The summed E-state index contributed by atoms with van der Waals surface area (Å²) in [5, 5.41) is 0. The third-order valence-electron chi connectivity index (χ3n) is 4.96. The average molecular weight is 423 g/mol. The van der Waals surface area contributed by atoms with Crippen LogP contribution in [0, 0.1) is 13.8 Å². The molecule has 3 aromatic rings. The molecule has 1 aliphatic rings. The van der Waals surface area contributed by atoms with Gasteiger partial charge in [-0.15, -0.1) is 0 Å². The zero-order valence-electron chi connectivity index (χ0n) is 17.0. The fourth-order valence-corrected chi connectivity index (χ4v) is 4.54. The van der Waals surface area contributed by atoms with E-state index in [1.54, 1.807) is 31.3 Å². The number of ether oxygens (including phenoxy) is 1. The Hall–Kier alpha value is -3.32. The van der Waals surface area contributed by atoms with E-state index in [1.165, 1.54) is 11.0 Å². The monoisotopic (exact) mass is 422 g/mol. The lowest BCUT2D eigenvalue weighted by atomic mass is 10.1. The highest BCUT2D eigenvalue weighted by Gasteiger charge is 2.26. The van der Waals surface area contributed by atoms with Crippen LogP contribution in [0.25, 0.3) is 0 Å². The summed E-state index contributed by atoms with van der Waals surface area (Å²) in [5.41, 5.74) is 4.03. The van der Waals surface area contributed by atoms with Gasteiger partial charge in [-0.3, -0.25) is 9.52 Å². The van der Waals surface area contributed by atoms with E-state index in [1.807, 2.05) is 44.2 Å². The Bertz CT molecular complexity index is 1230. The van der Waals surface area contributed by atoms with Gasteiger partial charge in [-0.1, -0.05) is 35.9 Å². The quantitative estimate of drug-likeness (QED) is 0.665. The van der Waals surface area contributed by atoms with E-state index in [4.69, 9.17) is 4.74 Å². The van der Waals surface area contributed by atoms with Crippen LogP contribution in [0.2, 0.25) is 0 Å². The second kappa shape index (κ2) is 7.50. The lowest BCUT2D eigenvalue weighted by Gasteiger charge is -2.17. The lowest BCUT2D eigenvalue weighted by molar-refractivity contribution is 0.0993. The molecule has 1 aliphatic heterocycles. The maximum Gasteiger partial charge on any atom is 0.261 e. The van der Waals surface area contributed by atoms with Gasteiger partial charge in [0, 0.05) is 12.7 Å². The summed E-state index contributed by atoms with van der Waals surface area (Å²) in [7, 11) is -1.97. The fraction of sp³-hybridized carbons (Fsp3) is 0.174. The van der Waals surface area contributed by atoms with Gasteiger partial charge in [0.2, 0.25) is 10.0 Å². The molecule has 4 rings (SSSR count). The number of hydrogen-bond acceptors (Lipinski definition) is 4. The van der Waals surface area contributed by atoms with E-state index in [2.05, 4.69) is 4.72 Å². The van der Waals surface area contributed by atoms with Crippen molar-refractivity contribution in [2.45, 2.75) is 19.6 Å². The molecule has 1 heterocycles. The Morgan fingerprint density at radius 2 is 1.57 bits per heavy atom. The molecule has 0 saturated heterocycles. The largest absolute Gasteiger partial charge is 0.454 e. The second-order valence-corrected chi connectivity index (χ2v) is 9.22. The van der Waals surface area contributed by atoms with Gasteiger partial charge in [-0.2, -0.15) is 0 Å². The molecule has 0 aromatic heterocycles. The SMILES string of the molecule is Cc1ccc(CS(=O)(=O)Nc2ccc3c(c2)C(=O)N(C)c2cc(C)ccc2O3)cc1. The zero-order chi connectivity index (χ0) is 21.5. The minimum Gasteiger partial charge on any atom is -0.454 e. The average Bonchev–Trinajstić information content (AvgIpc) is 2.79. The Balaban J connectivity index is 1.62. The third kappa shape index (κ3) is 4.02. The van der Waals surface area contributed by atoms with Crippen molar-refractivity contribution in [3.8, 4) is 11.5 Å². The summed E-state index contributed by atoms with van der Waals surface area (Å²) in [6.45, 7) is 3.89. The van der Waals surface area contributed by atoms with Crippen molar-refractivity contribution < 1.29 is 17.9 Å². The topological polar surface area (TPSA) is 75.7 Å². The Morgan fingerprint density at radius 1 is 0.900 bits per heavy atom. The van der Waals surface area contributed by atoms with Gasteiger partial charge in [0.15, 0.2) is 5.75 Å². The number of hydrogen-bond donors (Lipinski definition) is 1. The molecule has 1 amide bonds. The Kier molecular flexibility index (Phi) is 4.99. The fourth-order valence-electron chi connectivity index (χ4n) is 3.35. The Labute approximate surface area is 176 Å². The van der Waals surface area contributed by atoms with Crippen LogP contribution in [-0.4, -0.2) is 21.4 Å². The highest BCUT2D eigenvalue weighted by Crippen LogP contribution is 2.39. The number of carbonyl (C=O) groups excluding carboxylic acids is 1. The molecular weight excluding hydrogens is 400 g/mol. The smallest absolute Gasteiger partial charge is 0.261 e. The highest BCUT2D eigenvalue weighted by atomic mass is 32.2. The molecule has 6 nitrogen and oxygen atoms in total. The maximum absolute atomic E-state index is 13.0. The molecule has 0 bridgehead atoms. The van der Waals surface area contributed by atoms with Crippen LogP contribution in [0.4, 0.5) is 11.4 Å². The molecule has 3 aromatic carbocycles. The number of nitrogens with one attached hydrogen (secondary N) is 1. The molecule has 0 spiro atoms. The van der Waals surface area contributed by atoms with Gasteiger partial charge < -0.3 is 9.64 Å². The van der Waals surface area contributed by atoms with Gasteiger partial charge in [0.1, 0.15) is 5.75 Å². The molecule has 0 unspecified atom stereocenters. The lowest BCUT2D eigenvalue weighted by Crippen LogP contribution is -2.25. The number of benzene rings is 3. The molecule has 0 aliphatic carbocycles. The molecule has 1 N–H and O–H groups in total. The van der Waals surface area contributed by atoms with E-state index < -0.39 is 10.0 Å². The highest BCUT2D eigenvalue weighted by molar-refractivity contribution is 7.91. The van der Waals surface area contributed by atoms with Crippen LogP contribution in [0.15, 0.2) is 60.7 Å². The molecular formula is C23H22N2O4S. The van der Waals surface area contributed by atoms with Crippen molar-refractivity contribution in [3.63, 3.8) is 0 Å². The number of amides is 1. The van der Waals surface area contributed by atoms with Crippen molar-refractivity contribution in [2.24, 2.45) is 0 Å². The predicted octanol–water partition coefficient (Wildman–Crippen LogP) is 4.63. The number of carbonyl (C=O) groups is 1. The standard InChI is InChI=1S/C23H22N2O4S/c1-15-4-7-17(8-5-15)14-30(27,28)24-18-9-11-21-19(13-18)23(26)25(3)20-12-16(2)6-10-22(20)29-21/h4-13,24H,14H2,1-3H3. The van der Waals surface area contributed by atoms with E-state index in [0.717, 1.165) is 11.1 Å². The number of anilines is 2. The van der Waals surface area contributed by atoms with E-state index >= 15 is 0 Å². The molecule has 0 fully saturated rings. The van der Waals surface area contributed by atoms with Crippen molar-refractivity contribution in [3.05, 3.63) is 82.9 Å². The maximum atomic E-state index is 13.0. The van der Waals surface area contributed by atoms with E-state index in [-0.39, 0.29) is 11.7 Å². The summed E-state index contributed by atoms with van der Waals surface area (Å²) in [5.74, 6) is 0.534. The third-order valence-corrected chi connectivity index (χ3v) is 6.22. The van der Waals surface area contributed by atoms with Crippen LogP contribution in [0.5, 0.6) is 11.5 Å². The first-order valence-corrected chi connectivity index (χ1v) is 11.1.